The molecule has 0 amide bonds. The zero-order chi connectivity index (χ0) is 14.5. The fourth-order valence-electron chi connectivity index (χ4n) is 2.25. The number of aryl methyl sites for hydroxylation is 1. The second kappa shape index (κ2) is 6.57. The number of methoxy groups -OCH3 is 1. The molecule has 0 saturated heterocycles. The molecule has 0 aliphatic heterocycles. The Bertz CT molecular complexity index is 550. The van der Waals surface area contributed by atoms with E-state index in [0.29, 0.717) is 0 Å². The van der Waals surface area contributed by atoms with E-state index in [1.807, 2.05) is 23.0 Å². The van der Waals surface area contributed by atoms with E-state index in [1.165, 1.54) is 11.1 Å². The highest BCUT2D eigenvalue weighted by Gasteiger charge is 2.13. The molecule has 4 nitrogen and oxygen atoms in total. The van der Waals surface area contributed by atoms with Gasteiger partial charge in [-0.15, -0.1) is 0 Å². The molecule has 2 aromatic rings. The van der Waals surface area contributed by atoms with E-state index in [-0.39, 0.29) is 12.1 Å². The Morgan fingerprint density at radius 1 is 1.25 bits per heavy atom. The summed E-state index contributed by atoms with van der Waals surface area (Å²) in [7, 11) is 1.69. The van der Waals surface area contributed by atoms with Crippen molar-refractivity contribution in [1.29, 1.82) is 0 Å². The summed E-state index contributed by atoms with van der Waals surface area (Å²) in [5.74, 6) is 0.891. The van der Waals surface area contributed by atoms with Gasteiger partial charge in [-0.05, 0) is 38.5 Å². The van der Waals surface area contributed by atoms with Crippen molar-refractivity contribution >= 4 is 0 Å². The predicted molar refractivity (Wildman–Crippen MR) is 80.9 cm³/mol. The van der Waals surface area contributed by atoms with Crippen molar-refractivity contribution in [3.05, 3.63) is 47.8 Å². The highest BCUT2D eigenvalue weighted by Crippen LogP contribution is 2.22. The molecule has 1 N–H and O–H groups in total. The molecule has 0 bridgehead atoms. The lowest BCUT2D eigenvalue weighted by molar-refractivity contribution is 0.412. The summed E-state index contributed by atoms with van der Waals surface area (Å²) in [5.41, 5.74) is 2.43. The van der Waals surface area contributed by atoms with Crippen LogP contribution in [0.1, 0.15) is 44.0 Å². The molecule has 0 radical (unpaired) electrons. The maximum absolute atomic E-state index is 5.27. The predicted octanol–water partition coefficient (Wildman–Crippen LogP) is 3.32. The van der Waals surface area contributed by atoms with Crippen molar-refractivity contribution in [1.82, 2.24) is 15.1 Å². The van der Waals surface area contributed by atoms with Crippen LogP contribution >= 0.6 is 0 Å². The van der Waals surface area contributed by atoms with E-state index >= 15 is 0 Å². The fraction of sp³-hybridized carbons (Fsp3) is 0.438. The van der Waals surface area contributed by atoms with Crippen LogP contribution in [-0.4, -0.2) is 16.9 Å². The molecule has 2 atom stereocenters. The van der Waals surface area contributed by atoms with Crippen LogP contribution in [0.15, 0.2) is 36.7 Å². The highest BCUT2D eigenvalue weighted by molar-refractivity contribution is 5.30. The maximum Gasteiger partial charge on any atom is 0.119 e. The van der Waals surface area contributed by atoms with Crippen LogP contribution in [0, 0.1) is 0 Å². The van der Waals surface area contributed by atoms with Crippen molar-refractivity contribution in [2.24, 2.45) is 0 Å². The van der Waals surface area contributed by atoms with Gasteiger partial charge in [-0.2, -0.15) is 5.10 Å². The first-order valence-electron chi connectivity index (χ1n) is 7.06. The Labute approximate surface area is 120 Å². The summed E-state index contributed by atoms with van der Waals surface area (Å²) in [6, 6.07) is 8.68. The molecule has 0 fully saturated rings. The number of benzene rings is 1. The lowest BCUT2D eigenvalue weighted by Crippen LogP contribution is -2.22. The van der Waals surface area contributed by atoms with Crippen LogP contribution in [0.4, 0.5) is 0 Å². The maximum atomic E-state index is 5.27. The van der Waals surface area contributed by atoms with Gasteiger partial charge in [-0.25, -0.2) is 0 Å². The van der Waals surface area contributed by atoms with E-state index in [4.69, 9.17) is 4.74 Å². The number of hydrogen-bond donors (Lipinski definition) is 1. The van der Waals surface area contributed by atoms with Gasteiger partial charge in [0.1, 0.15) is 5.75 Å². The van der Waals surface area contributed by atoms with Crippen LogP contribution in [0.25, 0.3) is 0 Å². The normalized spacial score (nSPS) is 14.0. The van der Waals surface area contributed by atoms with Crippen LogP contribution in [0.2, 0.25) is 0 Å². The molecule has 1 heterocycles. The molecule has 0 aliphatic rings. The average molecular weight is 273 g/mol. The van der Waals surface area contributed by atoms with Crippen molar-refractivity contribution < 1.29 is 4.74 Å². The van der Waals surface area contributed by atoms with Crippen LogP contribution in [0.3, 0.4) is 0 Å². The van der Waals surface area contributed by atoms with Gasteiger partial charge in [0.15, 0.2) is 0 Å². The largest absolute Gasteiger partial charge is 0.497 e. The summed E-state index contributed by atoms with van der Waals surface area (Å²) in [6.45, 7) is 7.31. The van der Waals surface area contributed by atoms with E-state index in [1.54, 1.807) is 7.11 Å². The zero-order valence-corrected chi connectivity index (χ0v) is 12.6. The summed E-state index contributed by atoms with van der Waals surface area (Å²) in [5, 5.41) is 7.91. The molecule has 1 aromatic carbocycles. The van der Waals surface area contributed by atoms with E-state index in [9.17, 15) is 0 Å². The smallest absolute Gasteiger partial charge is 0.119 e. The van der Waals surface area contributed by atoms with Gasteiger partial charge in [0.2, 0.25) is 0 Å². The second-order valence-electron chi connectivity index (χ2n) is 5.02. The number of hydrogen-bond acceptors (Lipinski definition) is 3. The first kappa shape index (κ1) is 14.6. The van der Waals surface area contributed by atoms with Gasteiger partial charge in [-0.1, -0.05) is 12.1 Å². The number of rotatable bonds is 6. The first-order valence-corrected chi connectivity index (χ1v) is 7.06. The topological polar surface area (TPSA) is 39.1 Å². The van der Waals surface area contributed by atoms with Crippen molar-refractivity contribution in [2.75, 3.05) is 7.11 Å². The third-order valence-electron chi connectivity index (χ3n) is 3.57. The lowest BCUT2D eigenvalue weighted by atomic mass is 10.1. The van der Waals surface area contributed by atoms with Crippen molar-refractivity contribution in [3.8, 4) is 5.75 Å². The van der Waals surface area contributed by atoms with Gasteiger partial charge in [0.25, 0.3) is 0 Å². The lowest BCUT2D eigenvalue weighted by Gasteiger charge is -2.20. The van der Waals surface area contributed by atoms with E-state index in [2.05, 4.69) is 49.5 Å². The minimum atomic E-state index is 0.255. The van der Waals surface area contributed by atoms with E-state index in [0.717, 1.165) is 12.3 Å². The standard InChI is InChI=1S/C16H23N3O/c1-5-19-11-15(10-17-19)13(3)18-12(2)14-7-6-8-16(9-14)20-4/h6-13,18H,5H2,1-4H3/t12-,13?/m0/s1. The van der Waals surface area contributed by atoms with E-state index < -0.39 is 0 Å². The molecule has 4 heteroatoms. The minimum absolute atomic E-state index is 0.255. The van der Waals surface area contributed by atoms with Crippen LogP contribution in [0.5, 0.6) is 5.75 Å². The number of ether oxygens (including phenoxy) is 1. The number of nitrogens with zero attached hydrogens (tertiary/aromatic N) is 2. The van der Waals surface area contributed by atoms with Gasteiger partial charge in [0, 0.05) is 30.4 Å². The molecule has 20 heavy (non-hydrogen) atoms. The molecule has 0 spiro atoms. The van der Waals surface area contributed by atoms with Crippen LogP contribution < -0.4 is 10.1 Å². The molecule has 1 unspecified atom stereocenters. The first-order chi connectivity index (χ1) is 9.63. The molecule has 0 aliphatic carbocycles. The highest BCUT2D eigenvalue weighted by atomic mass is 16.5. The van der Waals surface area contributed by atoms with Gasteiger partial charge in [0.05, 0.1) is 13.3 Å². The van der Waals surface area contributed by atoms with Crippen molar-refractivity contribution in [2.45, 2.75) is 39.4 Å². The van der Waals surface area contributed by atoms with Gasteiger partial charge in [-0.3, -0.25) is 4.68 Å². The Morgan fingerprint density at radius 2 is 2.00 bits per heavy atom. The molecule has 1 aromatic heterocycles. The third kappa shape index (κ3) is 3.39. The molecular formula is C16H23N3O. The van der Waals surface area contributed by atoms with Gasteiger partial charge < -0.3 is 10.1 Å². The van der Waals surface area contributed by atoms with Crippen molar-refractivity contribution in [3.63, 3.8) is 0 Å². The third-order valence-corrected chi connectivity index (χ3v) is 3.57. The summed E-state index contributed by atoms with van der Waals surface area (Å²) >= 11 is 0. The Hall–Kier alpha value is -1.81. The molecular weight excluding hydrogens is 250 g/mol. The number of aromatic nitrogens is 2. The second-order valence-corrected chi connectivity index (χ2v) is 5.02. The molecule has 2 rings (SSSR count). The Balaban J connectivity index is 2.04. The van der Waals surface area contributed by atoms with Gasteiger partial charge >= 0.3 is 0 Å². The Kier molecular flexibility index (Phi) is 4.79. The molecule has 108 valence electrons. The van der Waals surface area contributed by atoms with Crippen LogP contribution in [-0.2, 0) is 6.54 Å². The quantitative estimate of drug-likeness (QED) is 0.877. The zero-order valence-electron chi connectivity index (χ0n) is 12.6. The summed E-state index contributed by atoms with van der Waals surface area (Å²) < 4.78 is 7.22. The number of nitrogens with one attached hydrogen (secondary N) is 1. The SMILES string of the molecule is CCn1cc(C(C)N[C@@H](C)c2cccc(OC)c2)cn1. The molecule has 0 saturated carbocycles. The average Bonchev–Trinajstić information content (AvgIpc) is 2.96. The Morgan fingerprint density at radius 3 is 2.65 bits per heavy atom. The summed E-state index contributed by atoms with van der Waals surface area (Å²) in [4.78, 5) is 0. The summed E-state index contributed by atoms with van der Waals surface area (Å²) in [6.07, 6.45) is 4.02. The monoisotopic (exact) mass is 273 g/mol. The fourth-order valence-corrected chi connectivity index (χ4v) is 2.25. The minimum Gasteiger partial charge on any atom is -0.497 e.